The molecule has 0 aliphatic carbocycles. The van der Waals surface area contributed by atoms with Gasteiger partial charge < -0.3 is 14.2 Å². The summed E-state index contributed by atoms with van der Waals surface area (Å²) in [4.78, 5) is 11.5. The summed E-state index contributed by atoms with van der Waals surface area (Å²) in [5.41, 5.74) is 0.105. The highest BCUT2D eigenvalue weighted by molar-refractivity contribution is 6.42. The van der Waals surface area contributed by atoms with E-state index in [-0.39, 0.29) is 12.3 Å². The fourth-order valence-corrected chi connectivity index (χ4v) is 1.32. The standard InChI is InChI=1S/C12H15NO4/c1-4-17-12(14)11(13)9-7-8(15-2)5-6-10(9)16-3/h5-7,13H,4H2,1-3H3. The van der Waals surface area contributed by atoms with Crippen LogP contribution >= 0.6 is 0 Å². The molecule has 1 aromatic rings. The Kier molecular flexibility index (Phi) is 4.51. The topological polar surface area (TPSA) is 68.6 Å². The summed E-state index contributed by atoms with van der Waals surface area (Å²) < 4.78 is 14.9. The van der Waals surface area contributed by atoms with Crippen molar-refractivity contribution in [2.75, 3.05) is 20.8 Å². The number of hydrogen-bond acceptors (Lipinski definition) is 5. The van der Waals surface area contributed by atoms with E-state index in [9.17, 15) is 4.79 Å². The molecule has 0 spiro atoms. The Balaban J connectivity index is 3.09. The minimum Gasteiger partial charge on any atom is -0.497 e. The Bertz CT molecular complexity index is 429. The molecule has 1 aromatic carbocycles. The third-order valence-electron chi connectivity index (χ3n) is 2.16. The van der Waals surface area contributed by atoms with Crippen LogP contribution in [0.3, 0.4) is 0 Å². The minimum atomic E-state index is -0.681. The van der Waals surface area contributed by atoms with E-state index >= 15 is 0 Å². The van der Waals surface area contributed by atoms with E-state index in [1.807, 2.05) is 0 Å². The average molecular weight is 237 g/mol. The average Bonchev–Trinajstić information content (AvgIpc) is 2.37. The Morgan fingerprint density at radius 1 is 1.29 bits per heavy atom. The van der Waals surface area contributed by atoms with Crippen molar-refractivity contribution < 1.29 is 19.0 Å². The maximum Gasteiger partial charge on any atom is 0.356 e. The van der Waals surface area contributed by atoms with Crippen molar-refractivity contribution >= 4 is 11.7 Å². The zero-order chi connectivity index (χ0) is 12.8. The molecule has 0 aromatic heterocycles. The van der Waals surface area contributed by atoms with Gasteiger partial charge in [-0.3, -0.25) is 5.41 Å². The second kappa shape index (κ2) is 5.89. The van der Waals surface area contributed by atoms with Gasteiger partial charge in [-0.05, 0) is 25.1 Å². The van der Waals surface area contributed by atoms with Gasteiger partial charge in [0, 0.05) is 0 Å². The third kappa shape index (κ3) is 2.96. The lowest BCUT2D eigenvalue weighted by atomic mass is 10.1. The number of hydrogen-bond donors (Lipinski definition) is 1. The summed E-state index contributed by atoms with van der Waals surface area (Å²) in [7, 11) is 2.99. The molecular formula is C12H15NO4. The zero-order valence-corrected chi connectivity index (χ0v) is 10.1. The normalized spacial score (nSPS) is 9.59. The third-order valence-corrected chi connectivity index (χ3v) is 2.16. The van der Waals surface area contributed by atoms with Gasteiger partial charge in [-0.1, -0.05) is 0 Å². The Morgan fingerprint density at radius 2 is 2.00 bits per heavy atom. The molecule has 0 amide bonds. The molecule has 0 aliphatic rings. The van der Waals surface area contributed by atoms with Crippen molar-refractivity contribution in [3.8, 4) is 11.5 Å². The summed E-state index contributed by atoms with van der Waals surface area (Å²) in [5, 5.41) is 7.74. The number of rotatable bonds is 5. The van der Waals surface area contributed by atoms with Crippen molar-refractivity contribution in [1.82, 2.24) is 0 Å². The van der Waals surface area contributed by atoms with Gasteiger partial charge in [0.1, 0.15) is 11.5 Å². The van der Waals surface area contributed by atoms with E-state index in [1.165, 1.54) is 14.2 Å². The van der Waals surface area contributed by atoms with Crippen molar-refractivity contribution in [1.29, 1.82) is 5.41 Å². The number of esters is 1. The van der Waals surface area contributed by atoms with Gasteiger partial charge in [-0.2, -0.15) is 0 Å². The zero-order valence-electron chi connectivity index (χ0n) is 10.1. The van der Waals surface area contributed by atoms with Crippen LogP contribution in [-0.4, -0.2) is 32.5 Å². The van der Waals surface area contributed by atoms with Gasteiger partial charge in [0.2, 0.25) is 0 Å². The number of nitrogens with one attached hydrogen (secondary N) is 1. The fourth-order valence-electron chi connectivity index (χ4n) is 1.32. The predicted octanol–water partition coefficient (Wildman–Crippen LogP) is 1.63. The van der Waals surface area contributed by atoms with E-state index < -0.39 is 5.97 Å². The van der Waals surface area contributed by atoms with Gasteiger partial charge in [0.15, 0.2) is 5.71 Å². The van der Waals surface area contributed by atoms with Crippen LogP contribution in [0.25, 0.3) is 0 Å². The summed E-state index contributed by atoms with van der Waals surface area (Å²) in [5.74, 6) is 0.303. The lowest BCUT2D eigenvalue weighted by Crippen LogP contribution is -2.18. The molecule has 0 fully saturated rings. The first-order valence-corrected chi connectivity index (χ1v) is 5.12. The Morgan fingerprint density at radius 3 is 2.53 bits per heavy atom. The first-order valence-electron chi connectivity index (χ1n) is 5.12. The maximum absolute atomic E-state index is 11.5. The van der Waals surface area contributed by atoms with Crippen molar-refractivity contribution in [3.63, 3.8) is 0 Å². The highest BCUT2D eigenvalue weighted by atomic mass is 16.5. The van der Waals surface area contributed by atoms with Crippen LogP contribution in [0.5, 0.6) is 11.5 Å². The minimum absolute atomic E-state index is 0.230. The van der Waals surface area contributed by atoms with Gasteiger partial charge >= 0.3 is 5.97 Å². The first-order chi connectivity index (χ1) is 8.13. The maximum atomic E-state index is 11.5. The molecule has 1 N–H and O–H groups in total. The molecule has 0 saturated carbocycles. The Hall–Kier alpha value is -2.04. The van der Waals surface area contributed by atoms with Crippen LogP contribution in [0.1, 0.15) is 12.5 Å². The molecule has 0 bridgehead atoms. The van der Waals surface area contributed by atoms with Crippen molar-refractivity contribution in [2.45, 2.75) is 6.92 Å². The van der Waals surface area contributed by atoms with E-state index in [0.29, 0.717) is 17.1 Å². The molecule has 0 unspecified atom stereocenters. The monoisotopic (exact) mass is 237 g/mol. The van der Waals surface area contributed by atoms with E-state index in [0.717, 1.165) is 0 Å². The summed E-state index contributed by atoms with van der Waals surface area (Å²) in [6.07, 6.45) is 0. The van der Waals surface area contributed by atoms with Crippen molar-refractivity contribution in [3.05, 3.63) is 23.8 Å². The van der Waals surface area contributed by atoms with Gasteiger partial charge in [-0.15, -0.1) is 0 Å². The van der Waals surface area contributed by atoms with E-state index in [4.69, 9.17) is 19.6 Å². The number of carbonyl (C=O) groups excluding carboxylic acids is 1. The highest BCUT2D eigenvalue weighted by Gasteiger charge is 2.18. The summed E-state index contributed by atoms with van der Waals surface area (Å²) in [6, 6.07) is 4.90. The smallest absolute Gasteiger partial charge is 0.356 e. The van der Waals surface area contributed by atoms with Gasteiger partial charge in [0.05, 0.1) is 26.4 Å². The second-order valence-corrected chi connectivity index (χ2v) is 3.16. The molecule has 5 heteroatoms. The lowest BCUT2D eigenvalue weighted by molar-refractivity contribution is -0.135. The molecule has 0 heterocycles. The van der Waals surface area contributed by atoms with Crippen LogP contribution in [0.15, 0.2) is 18.2 Å². The number of ether oxygens (including phenoxy) is 3. The molecule has 17 heavy (non-hydrogen) atoms. The number of carbonyl (C=O) groups is 1. The predicted molar refractivity (Wildman–Crippen MR) is 63.0 cm³/mol. The second-order valence-electron chi connectivity index (χ2n) is 3.16. The van der Waals surface area contributed by atoms with Crippen molar-refractivity contribution in [2.24, 2.45) is 0 Å². The molecular weight excluding hydrogens is 222 g/mol. The highest BCUT2D eigenvalue weighted by Crippen LogP contribution is 2.24. The molecule has 1 rings (SSSR count). The first kappa shape index (κ1) is 13.0. The summed E-state index contributed by atoms with van der Waals surface area (Å²) >= 11 is 0. The number of benzene rings is 1. The summed E-state index contributed by atoms with van der Waals surface area (Å²) in [6.45, 7) is 1.92. The molecule has 0 atom stereocenters. The molecule has 0 saturated heterocycles. The van der Waals surface area contributed by atoms with E-state index in [2.05, 4.69) is 0 Å². The van der Waals surface area contributed by atoms with Crippen LogP contribution in [0.4, 0.5) is 0 Å². The molecule has 5 nitrogen and oxygen atoms in total. The molecule has 0 aliphatic heterocycles. The van der Waals surface area contributed by atoms with Gasteiger partial charge in [0.25, 0.3) is 0 Å². The number of methoxy groups -OCH3 is 2. The Labute approximate surface area is 99.8 Å². The largest absolute Gasteiger partial charge is 0.497 e. The van der Waals surface area contributed by atoms with Gasteiger partial charge in [-0.25, -0.2) is 4.79 Å². The fraction of sp³-hybridized carbons (Fsp3) is 0.333. The lowest BCUT2D eigenvalue weighted by Gasteiger charge is -2.10. The van der Waals surface area contributed by atoms with Crippen LogP contribution in [-0.2, 0) is 9.53 Å². The molecule has 0 radical (unpaired) electrons. The molecule has 92 valence electrons. The van der Waals surface area contributed by atoms with Crippen LogP contribution < -0.4 is 9.47 Å². The van der Waals surface area contributed by atoms with Crippen LogP contribution in [0, 0.1) is 5.41 Å². The SMILES string of the molecule is CCOC(=O)C(=N)c1cc(OC)ccc1OC. The van der Waals surface area contributed by atoms with Crippen LogP contribution in [0.2, 0.25) is 0 Å². The quantitative estimate of drug-likeness (QED) is 0.624. The van der Waals surface area contributed by atoms with E-state index in [1.54, 1.807) is 25.1 Å².